The highest BCUT2D eigenvalue weighted by Crippen LogP contribution is 2.20. The van der Waals surface area contributed by atoms with E-state index in [9.17, 15) is 0 Å². The Morgan fingerprint density at radius 3 is 2.40 bits per heavy atom. The Bertz CT molecular complexity index is 230. The van der Waals surface area contributed by atoms with E-state index in [0.717, 1.165) is 8.58 Å². The van der Waals surface area contributed by atoms with Crippen LogP contribution in [0.25, 0.3) is 0 Å². The Morgan fingerprint density at radius 2 is 1.67 bits per heavy atom. The highest BCUT2D eigenvalue weighted by molar-refractivity contribution is 7.37. The molecule has 0 heterocycles. The number of rotatable bonds is 8. The molecule has 1 heteroatoms. The molecular weight excluding hydrogens is 199 g/mol. The fraction of sp³-hybridized carbons (Fsp3) is 0.571. The molecule has 0 saturated carbocycles. The molecule has 1 aromatic carbocycles. The molecule has 1 unspecified atom stereocenters. The Balaban J connectivity index is 1.93. The molecule has 15 heavy (non-hydrogen) atoms. The first-order valence-corrected chi connectivity index (χ1v) is 7.59. The van der Waals surface area contributed by atoms with Crippen molar-refractivity contribution in [2.45, 2.75) is 45.2 Å². The van der Waals surface area contributed by atoms with Crippen LogP contribution in [0.15, 0.2) is 30.3 Å². The van der Waals surface area contributed by atoms with E-state index in [1.165, 1.54) is 50.0 Å². The number of hydrogen-bond donors (Lipinski definition) is 0. The summed E-state index contributed by atoms with van der Waals surface area (Å²) in [5, 5.41) is 0. The van der Waals surface area contributed by atoms with Gasteiger partial charge in [0.05, 0.1) is 0 Å². The Labute approximate surface area is 96.3 Å². The van der Waals surface area contributed by atoms with Crippen molar-refractivity contribution in [1.29, 1.82) is 0 Å². The third-order valence-electron chi connectivity index (χ3n) is 2.63. The molecule has 0 aliphatic heterocycles. The van der Waals surface area contributed by atoms with Gasteiger partial charge in [-0.2, -0.15) is 0 Å². The van der Waals surface area contributed by atoms with Gasteiger partial charge in [-0.3, -0.25) is 0 Å². The van der Waals surface area contributed by atoms with Crippen LogP contribution in [0.4, 0.5) is 0 Å². The van der Waals surface area contributed by atoms with Crippen molar-refractivity contribution >= 4 is 8.58 Å². The van der Waals surface area contributed by atoms with Crippen molar-refractivity contribution in [3.05, 3.63) is 35.9 Å². The van der Waals surface area contributed by atoms with Crippen LogP contribution in [0.2, 0.25) is 0 Å². The molecule has 1 atom stereocenters. The van der Waals surface area contributed by atoms with Gasteiger partial charge >= 0.3 is 0 Å². The zero-order valence-electron chi connectivity index (χ0n) is 9.84. The molecule has 0 amide bonds. The standard InChI is InChI=1S/C14H23P/c1-2-3-4-5-9-12-15-13-14-10-7-6-8-11-14/h6-8,10-11,15H,2-5,9,12-13H2,1H3. The lowest BCUT2D eigenvalue weighted by atomic mass is 10.2. The van der Waals surface area contributed by atoms with Crippen LogP contribution < -0.4 is 0 Å². The molecule has 84 valence electrons. The lowest BCUT2D eigenvalue weighted by Crippen LogP contribution is -1.82. The smallest absolute Gasteiger partial charge is 0.0101 e. The summed E-state index contributed by atoms with van der Waals surface area (Å²) in [5.41, 5.74) is 1.50. The van der Waals surface area contributed by atoms with Crippen LogP contribution in [-0.4, -0.2) is 6.16 Å². The summed E-state index contributed by atoms with van der Waals surface area (Å²) in [6.07, 6.45) is 9.80. The van der Waals surface area contributed by atoms with Crippen molar-refractivity contribution in [3.8, 4) is 0 Å². The first-order valence-electron chi connectivity index (χ1n) is 6.18. The summed E-state index contributed by atoms with van der Waals surface area (Å²) in [7, 11) is 1.12. The van der Waals surface area contributed by atoms with E-state index >= 15 is 0 Å². The molecular formula is C14H23P. The maximum atomic E-state index is 2.27. The van der Waals surface area contributed by atoms with Gasteiger partial charge in [0.2, 0.25) is 0 Å². The van der Waals surface area contributed by atoms with E-state index in [-0.39, 0.29) is 0 Å². The van der Waals surface area contributed by atoms with E-state index in [1.807, 2.05) is 0 Å². The second-order valence-electron chi connectivity index (χ2n) is 4.08. The lowest BCUT2D eigenvalue weighted by Gasteiger charge is -2.02. The largest absolute Gasteiger partial charge is 0.118 e. The molecule has 1 aromatic rings. The average Bonchev–Trinajstić information content (AvgIpc) is 2.29. The van der Waals surface area contributed by atoms with E-state index in [2.05, 4.69) is 37.3 Å². The van der Waals surface area contributed by atoms with E-state index in [1.54, 1.807) is 0 Å². The van der Waals surface area contributed by atoms with Gasteiger partial charge in [-0.1, -0.05) is 62.9 Å². The fourth-order valence-corrected chi connectivity index (χ4v) is 2.88. The van der Waals surface area contributed by atoms with Crippen molar-refractivity contribution < 1.29 is 0 Å². The fourth-order valence-electron chi connectivity index (χ4n) is 1.68. The minimum absolute atomic E-state index is 1.12. The van der Waals surface area contributed by atoms with Gasteiger partial charge in [0.15, 0.2) is 0 Å². The van der Waals surface area contributed by atoms with Crippen LogP contribution >= 0.6 is 8.58 Å². The summed E-state index contributed by atoms with van der Waals surface area (Å²) in [6.45, 7) is 2.27. The van der Waals surface area contributed by atoms with Gasteiger partial charge in [0, 0.05) is 0 Å². The zero-order chi connectivity index (χ0) is 10.8. The zero-order valence-corrected chi connectivity index (χ0v) is 10.8. The molecule has 0 bridgehead atoms. The Morgan fingerprint density at radius 1 is 0.933 bits per heavy atom. The predicted octanol–water partition coefficient (Wildman–Crippen LogP) is 4.84. The average molecular weight is 222 g/mol. The van der Waals surface area contributed by atoms with Crippen LogP contribution in [0.5, 0.6) is 0 Å². The Kier molecular flexibility index (Phi) is 7.56. The van der Waals surface area contributed by atoms with Gasteiger partial charge in [0.25, 0.3) is 0 Å². The van der Waals surface area contributed by atoms with Crippen molar-refractivity contribution in [2.24, 2.45) is 0 Å². The van der Waals surface area contributed by atoms with Gasteiger partial charge in [-0.05, 0) is 24.3 Å². The quantitative estimate of drug-likeness (QED) is 0.436. The van der Waals surface area contributed by atoms with Gasteiger partial charge in [-0.25, -0.2) is 0 Å². The summed E-state index contributed by atoms with van der Waals surface area (Å²) >= 11 is 0. The molecule has 0 saturated heterocycles. The Hall–Kier alpha value is -0.350. The van der Waals surface area contributed by atoms with Crippen molar-refractivity contribution in [1.82, 2.24) is 0 Å². The highest BCUT2D eigenvalue weighted by Gasteiger charge is 1.92. The molecule has 0 aliphatic carbocycles. The van der Waals surface area contributed by atoms with E-state index in [0.29, 0.717) is 0 Å². The SMILES string of the molecule is CCCCCCCPCc1ccccc1. The first-order chi connectivity index (χ1) is 7.43. The predicted molar refractivity (Wildman–Crippen MR) is 72.1 cm³/mol. The first kappa shape index (κ1) is 12.7. The van der Waals surface area contributed by atoms with Crippen LogP contribution in [0.1, 0.15) is 44.6 Å². The maximum Gasteiger partial charge on any atom is -0.0101 e. The molecule has 0 aliphatic rings. The molecule has 0 aromatic heterocycles. The molecule has 1 rings (SSSR count). The second kappa shape index (κ2) is 8.92. The van der Waals surface area contributed by atoms with Gasteiger partial charge < -0.3 is 0 Å². The third kappa shape index (κ3) is 6.68. The minimum atomic E-state index is 1.12. The lowest BCUT2D eigenvalue weighted by molar-refractivity contribution is 0.659. The van der Waals surface area contributed by atoms with E-state index < -0.39 is 0 Å². The van der Waals surface area contributed by atoms with Crippen molar-refractivity contribution in [3.63, 3.8) is 0 Å². The summed E-state index contributed by atoms with van der Waals surface area (Å²) in [4.78, 5) is 0. The summed E-state index contributed by atoms with van der Waals surface area (Å²) in [6, 6.07) is 10.9. The van der Waals surface area contributed by atoms with Crippen LogP contribution in [0, 0.1) is 0 Å². The second-order valence-corrected chi connectivity index (χ2v) is 5.43. The monoisotopic (exact) mass is 222 g/mol. The topological polar surface area (TPSA) is 0 Å². The molecule has 0 N–H and O–H groups in total. The third-order valence-corrected chi connectivity index (χ3v) is 3.99. The molecule has 0 fully saturated rings. The number of hydrogen-bond acceptors (Lipinski definition) is 0. The van der Waals surface area contributed by atoms with Gasteiger partial charge in [0.1, 0.15) is 0 Å². The highest BCUT2D eigenvalue weighted by atomic mass is 31.1. The molecule has 0 spiro atoms. The normalized spacial score (nSPS) is 11.3. The minimum Gasteiger partial charge on any atom is -0.118 e. The van der Waals surface area contributed by atoms with Gasteiger partial charge in [-0.15, -0.1) is 8.58 Å². The maximum absolute atomic E-state index is 2.27. The molecule has 0 nitrogen and oxygen atoms in total. The van der Waals surface area contributed by atoms with Crippen molar-refractivity contribution in [2.75, 3.05) is 6.16 Å². The van der Waals surface area contributed by atoms with E-state index in [4.69, 9.17) is 0 Å². The number of unbranched alkanes of at least 4 members (excludes halogenated alkanes) is 4. The van der Waals surface area contributed by atoms with Crippen LogP contribution in [0.3, 0.4) is 0 Å². The number of benzene rings is 1. The van der Waals surface area contributed by atoms with Crippen LogP contribution in [-0.2, 0) is 6.16 Å². The summed E-state index contributed by atoms with van der Waals surface area (Å²) in [5.74, 6) is 0. The summed E-state index contributed by atoms with van der Waals surface area (Å²) < 4.78 is 0. The molecule has 0 radical (unpaired) electrons.